The van der Waals surface area contributed by atoms with Crippen LogP contribution in [0.1, 0.15) is 23.8 Å². The molecule has 1 aromatic heterocycles. The molecule has 1 aromatic carbocycles. The van der Waals surface area contributed by atoms with Crippen LogP contribution in [-0.4, -0.2) is 33.2 Å². The summed E-state index contributed by atoms with van der Waals surface area (Å²) in [6, 6.07) is 9.19. The van der Waals surface area contributed by atoms with E-state index in [0.717, 1.165) is 10.8 Å². The van der Waals surface area contributed by atoms with Gasteiger partial charge in [-0.25, -0.2) is 4.98 Å². The van der Waals surface area contributed by atoms with Crippen LogP contribution in [0, 0.1) is 0 Å². The van der Waals surface area contributed by atoms with Gasteiger partial charge >= 0.3 is 0 Å². The molecule has 0 aliphatic carbocycles. The molecular formula is C15H17ClN2O2S. The van der Waals surface area contributed by atoms with Crippen molar-refractivity contribution in [3.05, 3.63) is 41.2 Å². The molecule has 0 saturated carbocycles. The van der Waals surface area contributed by atoms with Gasteiger partial charge in [-0.3, -0.25) is 9.00 Å². The predicted molar refractivity (Wildman–Crippen MR) is 87.2 cm³/mol. The number of carbonyl (C=O) groups is 1. The van der Waals surface area contributed by atoms with Gasteiger partial charge in [-0.1, -0.05) is 35.9 Å². The maximum absolute atomic E-state index is 12.2. The summed E-state index contributed by atoms with van der Waals surface area (Å²) in [6.45, 7) is 1.88. The van der Waals surface area contributed by atoms with Crippen molar-refractivity contribution in [3.63, 3.8) is 0 Å². The Morgan fingerprint density at radius 1 is 1.43 bits per heavy atom. The van der Waals surface area contributed by atoms with Gasteiger partial charge in [-0.15, -0.1) is 0 Å². The maximum atomic E-state index is 12.2. The molecule has 4 nitrogen and oxygen atoms in total. The summed E-state index contributed by atoms with van der Waals surface area (Å²) in [5, 5.41) is 4.87. The van der Waals surface area contributed by atoms with Gasteiger partial charge in [-0.05, 0) is 24.8 Å². The van der Waals surface area contributed by atoms with Crippen LogP contribution in [0.15, 0.2) is 30.3 Å². The van der Waals surface area contributed by atoms with Crippen molar-refractivity contribution in [1.82, 2.24) is 10.3 Å². The van der Waals surface area contributed by atoms with Crippen molar-refractivity contribution >= 4 is 39.1 Å². The number of rotatable bonds is 5. The normalized spacial score (nSPS) is 13.9. The highest BCUT2D eigenvalue weighted by atomic mass is 35.5. The molecule has 2 aromatic rings. The standard InChI is InChI=1S/C15H17ClN2O2S/c1-10(7-8-21(2)20)17-15(19)13-9-11-5-3-4-6-12(11)14(16)18-13/h3-6,9-10H,7-8H2,1-2H3,(H,17,19). The monoisotopic (exact) mass is 324 g/mol. The Hall–Kier alpha value is -1.46. The van der Waals surface area contributed by atoms with E-state index in [1.165, 1.54) is 0 Å². The van der Waals surface area contributed by atoms with Crippen LogP contribution in [0.25, 0.3) is 10.8 Å². The average Bonchev–Trinajstić information content (AvgIpc) is 2.45. The Morgan fingerprint density at radius 3 is 2.86 bits per heavy atom. The summed E-state index contributed by atoms with van der Waals surface area (Å²) in [7, 11) is -0.856. The second-order valence-corrected chi connectivity index (χ2v) is 6.87. The van der Waals surface area contributed by atoms with Crippen molar-refractivity contribution < 1.29 is 9.00 Å². The van der Waals surface area contributed by atoms with E-state index in [0.29, 0.717) is 23.0 Å². The van der Waals surface area contributed by atoms with E-state index in [4.69, 9.17) is 11.6 Å². The highest BCUT2D eigenvalue weighted by Crippen LogP contribution is 2.22. The highest BCUT2D eigenvalue weighted by Gasteiger charge is 2.13. The van der Waals surface area contributed by atoms with Crippen LogP contribution in [-0.2, 0) is 10.8 Å². The van der Waals surface area contributed by atoms with E-state index in [9.17, 15) is 9.00 Å². The first-order chi connectivity index (χ1) is 9.97. The summed E-state index contributed by atoms with van der Waals surface area (Å²) in [6.07, 6.45) is 2.31. The number of nitrogens with zero attached hydrogens (tertiary/aromatic N) is 1. The quantitative estimate of drug-likeness (QED) is 0.860. The lowest BCUT2D eigenvalue weighted by molar-refractivity contribution is 0.0934. The molecule has 0 aliphatic heterocycles. The lowest BCUT2D eigenvalue weighted by Gasteiger charge is -2.13. The van der Waals surface area contributed by atoms with Crippen molar-refractivity contribution in [2.45, 2.75) is 19.4 Å². The van der Waals surface area contributed by atoms with E-state index in [1.54, 1.807) is 12.3 Å². The predicted octanol–water partition coefficient (Wildman–Crippen LogP) is 2.78. The summed E-state index contributed by atoms with van der Waals surface area (Å²) in [5.41, 5.74) is 0.295. The molecule has 1 amide bonds. The number of halogens is 1. The fourth-order valence-electron chi connectivity index (χ4n) is 1.99. The molecule has 0 radical (unpaired) electrons. The molecule has 112 valence electrons. The molecule has 21 heavy (non-hydrogen) atoms. The molecule has 2 rings (SSSR count). The lowest BCUT2D eigenvalue weighted by atomic mass is 10.1. The maximum Gasteiger partial charge on any atom is 0.270 e. The van der Waals surface area contributed by atoms with E-state index >= 15 is 0 Å². The molecule has 6 heteroatoms. The number of pyridine rings is 1. The molecule has 0 spiro atoms. The van der Waals surface area contributed by atoms with Crippen LogP contribution in [0.3, 0.4) is 0 Å². The summed E-state index contributed by atoms with van der Waals surface area (Å²) in [5.74, 6) is 0.296. The second-order valence-electron chi connectivity index (χ2n) is 4.96. The number of carbonyl (C=O) groups excluding carboxylic acids is 1. The number of nitrogens with one attached hydrogen (secondary N) is 1. The van der Waals surface area contributed by atoms with Crippen LogP contribution in [0.5, 0.6) is 0 Å². The molecule has 0 bridgehead atoms. The third kappa shape index (κ3) is 4.25. The van der Waals surface area contributed by atoms with Crippen molar-refractivity contribution in [2.24, 2.45) is 0 Å². The van der Waals surface area contributed by atoms with Crippen LogP contribution >= 0.6 is 11.6 Å². The van der Waals surface area contributed by atoms with Crippen LogP contribution in [0.4, 0.5) is 0 Å². The van der Waals surface area contributed by atoms with Gasteiger partial charge in [0.05, 0.1) is 0 Å². The molecule has 2 atom stereocenters. The number of benzene rings is 1. The van der Waals surface area contributed by atoms with E-state index in [-0.39, 0.29) is 11.9 Å². The first-order valence-electron chi connectivity index (χ1n) is 6.63. The lowest BCUT2D eigenvalue weighted by Crippen LogP contribution is -2.34. The molecule has 2 unspecified atom stereocenters. The third-order valence-electron chi connectivity index (χ3n) is 3.14. The fraction of sp³-hybridized carbons (Fsp3) is 0.333. The molecule has 1 heterocycles. The van der Waals surface area contributed by atoms with Gasteiger partial charge in [0.15, 0.2) is 0 Å². The van der Waals surface area contributed by atoms with Crippen molar-refractivity contribution in [1.29, 1.82) is 0 Å². The first kappa shape index (κ1) is 15.9. The van der Waals surface area contributed by atoms with Gasteiger partial charge in [0.1, 0.15) is 10.8 Å². The number of hydrogen-bond donors (Lipinski definition) is 1. The Morgan fingerprint density at radius 2 is 2.14 bits per heavy atom. The topological polar surface area (TPSA) is 59.1 Å². The zero-order chi connectivity index (χ0) is 15.4. The van der Waals surface area contributed by atoms with Gasteiger partial charge in [0.2, 0.25) is 0 Å². The molecule has 0 fully saturated rings. The van der Waals surface area contributed by atoms with Gasteiger partial charge in [0.25, 0.3) is 5.91 Å². The minimum absolute atomic E-state index is 0.0616. The number of hydrogen-bond acceptors (Lipinski definition) is 3. The summed E-state index contributed by atoms with van der Waals surface area (Å²) in [4.78, 5) is 16.3. The zero-order valence-electron chi connectivity index (χ0n) is 11.9. The number of fused-ring (bicyclic) bond motifs is 1. The Bertz CT molecular complexity index is 690. The Kier molecular flexibility index (Phi) is 5.31. The van der Waals surface area contributed by atoms with E-state index < -0.39 is 10.8 Å². The number of aromatic nitrogens is 1. The third-order valence-corrected chi connectivity index (χ3v) is 4.24. The van der Waals surface area contributed by atoms with Gasteiger partial charge in [0, 0.05) is 34.2 Å². The van der Waals surface area contributed by atoms with Crippen LogP contribution in [0.2, 0.25) is 5.15 Å². The van der Waals surface area contributed by atoms with Gasteiger partial charge < -0.3 is 5.32 Å². The van der Waals surface area contributed by atoms with Crippen molar-refractivity contribution in [2.75, 3.05) is 12.0 Å². The Labute approximate surface area is 131 Å². The summed E-state index contributed by atoms with van der Waals surface area (Å²) < 4.78 is 11.1. The van der Waals surface area contributed by atoms with E-state index in [2.05, 4.69) is 10.3 Å². The molecular weight excluding hydrogens is 308 g/mol. The minimum Gasteiger partial charge on any atom is -0.348 e. The first-order valence-corrected chi connectivity index (χ1v) is 8.74. The smallest absolute Gasteiger partial charge is 0.270 e. The van der Waals surface area contributed by atoms with Crippen LogP contribution < -0.4 is 5.32 Å². The largest absolute Gasteiger partial charge is 0.348 e. The molecule has 0 saturated heterocycles. The molecule has 1 N–H and O–H groups in total. The fourth-order valence-corrected chi connectivity index (χ4v) is 2.93. The molecule has 0 aliphatic rings. The highest BCUT2D eigenvalue weighted by molar-refractivity contribution is 7.84. The minimum atomic E-state index is -0.856. The summed E-state index contributed by atoms with van der Waals surface area (Å²) >= 11 is 6.11. The SMILES string of the molecule is CC(CCS(C)=O)NC(=O)c1cc2ccccc2c(Cl)n1. The Balaban J connectivity index is 2.14. The second kappa shape index (κ2) is 7.00. The van der Waals surface area contributed by atoms with E-state index in [1.807, 2.05) is 31.2 Å². The number of amides is 1. The van der Waals surface area contributed by atoms with Crippen molar-refractivity contribution in [3.8, 4) is 0 Å². The van der Waals surface area contributed by atoms with Gasteiger partial charge in [-0.2, -0.15) is 0 Å². The average molecular weight is 325 g/mol. The zero-order valence-corrected chi connectivity index (χ0v) is 13.5.